The summed E-state index contributed by atoms with van der Waals surface area (Å²) in [5.41, 5.74) is 20.3. The molecule has 4 aromatic rings. The number of fused-ring (bicyclic) bond motifs is 5. The minimum Gasteiger partial charge on any atom is -0.492 e. The molecule has 20 heteroatoms. The van der Waals surface area contributed by atoms with Crippen LogP contribution in [0, 0.1) is 28.4 Å². The molecule has 68 heavy (non-hydrogen) atoms. The maximum Gasteiger partial charge on any atom is 0.296 e. The predicted molar refractivity (Wildman–Crippen MR) is 253 cm³/mol. The zero-order valence-corrected chi connectivity index (χ0v) is 39.0. The SMILES string of the molecule is Cc1nc(-c2ccc(C(C)(C)C)cc2)c([N+](=O)[O-])cc1C(=O)N[C@@H](CCN)C(=O)N(C)[C@@H]1C(=O)N[C@@H](C)C(=O)N[C@H](C(=O)NCC#N)Cc2ccc(OCCN)c(c2)-c2cc1ccc2OCCN. The van der Waals surface area contributed by atoms with Crippen LogP contribution in [-0.4, -0.2) is 109 Å². The van der Waals surface area contributed by atoms with E-state index in [2.05, 4.69) is 26.3 Å². The fourth-order valence-corrected chi connectivity index (χ4v) is 7.67. The van der Waals surface area contributed by atoms with Crippen molar-refractivity contribution >= 4 is 35.2 Å². The number of hydrogen-bond acceptors (Lipinski definition) is 14. The van der Waals surface area contributed by atoms with Gasteiger partial charge in [0.1, 0.15) is 61.1 Å². The minimum absolute atomic E-state index is 0.0286. The van der Waals surface area contributed by atoms with E-state index in [1.807, 2.05) is 39.0 Å². The lowest BCUT2D eigenvalue weighted by Crippen LogP contribution is -2.56. The number of rotatable bonds is 16. The highest BCUT2D eigenvalue weighted by molar-refractivity contribution is 6.01. The standard InChI is InChI=1S/C48H59N11O9/c1-27-33(26-38(59(65)66)41(54-27)30-8-11-32(12-9-30)48(3,4)5)44(61)56-36(15-16-49)47(64)58(6)42-31-10-14-40(68-22-19-52)35(25-31)34-23-29(7-13-39(34)67-21-18-51)24-37(45(62)53-20-17-50)57-43(60)28(2)55-46(42)63/h7-14,23,25-26,28,36-37,42H,15-16,18-22,24,49,51-52H2,1-6H3,(H,53,62)(H,55,63)(H,56,61)(H,57,60)/t28-,36-,37-,42-/m0/s1. The molecule has 0 unspecified atom stereocenters. The van der Waals surface area contributed by atoms with Crippen LogP contribution in [0.25, 0.3) is 22.4 Å². The minimum atomic E-state index is -1.49. The van der Waals surface area contributed by atoms with Gasteiger partial charge in [0.05, 0.1) is 22.2 Å². The first-order valence-electron chi connectivity index (χ1n) is 22.1. The summed E-state index contributed by atoms with van der Waals surface area (Å²) in [6.45, 7) is 9.18. The molecule has 1 aliphatic rings. The van der Waals surface area contributed by atoms with Crippen LogP contribution in [0.5, 0.6) is 11.5 Å². The molecule has 0 radical (unpaired) electrons. The first-order chi connectivity index (χ1) is 32.3. The lowest BCUT2D eigenvalue weighted by molar-refractivity contribution is -0.384. The molecule has 5 rings (SSSR count). The molecular weight excluding hydrogens is 875 g/mol. The van der Waals surface area contributed by atoms with E-state index in [-0.39, 0.29) is 80.2 Å². The first-order valence-corrected chi connectivity index (χ1v) is 22.1. The van der Waals surface area contributed by atoms with Crippen molar-refractivity contribution in [3.8, 4) is 40.0 Å². The second-order valence-electron chi connectivity index (χ2n) is 17.3. The summed E-state index contributed by atoms with van der Waals surface area (Å²) >= 11 is 0. The number of ether oxygens (including phenoxy) is 2. The van der Waals surface area contributed by atoms with Gasteiger partial charge in [-0.1, -0.05) is 57.2 Å². The van der Waals surface area contributed by atoms with Crippen molar-refractivity contribution in [3.63, 3.8) is 0 Å². The van der Waals surface area contributed by atoms with E-state index in [0.717, 1.165) is 16.5 Å². The Hall–Kier alpha value is -7.47. The molecule has 5 amide bonds. The molecule has 1 aliphatic heterocycles. The van der Waals surface area contributed by atoms with Crippen LogP contribution in [0.4, 0.5) is 5.69 Å². The Morgan fingerprint density at radius 1 is 0.941 bits per heavy atom. The third-order valence-electron chi connectivity index (χ3n) is 11.3. The maximum absolute atomic E-state index is 14.7. The number of nitro groups is 1. The first kappa shape index (κ1) is 51.5. The van der Waals surface area contributed by atoms with Crippen LogP contribution in [-0.2, 0) is 31.0 Å². The summed E-state index contributed by atoms with van der Waals surface area (Å²) in [5.74, 6) is -3.14. The Kier molecular flexibility index (Phi) is 17.3. The highest BCUT2D eigenvalue weighted by Crippen LogP contribution is 2.40. The molecular formula is C48H59N11O9. The van der Waals surface area contributed by atoms with Gasteiger partial charge in [-0.2, -0.15) is 5.26 Å². The lowest BCUT2D eigenvalue weighted by Gasteiger charge is -2.32. The monoisotopic (exact) mass is 933 g/mol. The predicted octanol–water partition coefficient (Wildman–Crippen LogP) is 2.44. The van der Waals surface area contributed by atoms with Gasteiger partial charge in [0, 0.05) is 49.3 Å². The Morgan fingerprint density at radius 3 is 2.16 bits per heavy atom. The van der Waals surface area contributed by atoms with Crippen molar-refractivity contribution in [1.82, 2.24) is 31.2 Å². The quantitative estimate of drug-likeness (QED) is 0.0483. The van der Waals surface area contributed by atoms with Crippen molar-refractivity contribution in [2.75, 3.05) is 46.4 Å². The number of hydrogen-bond donors (Lipinski definition) is 7. The molecule has 0 fully saturated rings. The summed E-state index contributed by atoms with van der Waals surface area (Å²) in [7, 11) is 1.35. The number of nitrogens with one attached hydrogen (secondary N) is 4. The molecule has 4 atom stereocenters. The summed E-state index contributed by atoms with van der Waals surface area (Å²) in [5, 5.41) is 32.1. The Bertz CT molecular complexity index is 2570. The van der Waals surface area contributed by atoms with Crippen LogP contribution in [0.15, 0.2) is 66.7 Å². The van der Waals surface area contributed by atoms with Crippen molar-refractivity contribution < 1.29 is 38.4 Å². The molecule has 4 bridgehead atoms. The van der Waals surface area contributed by atoms with Gasteiger partial charge in [-0.15, -0.1) is 0 Å². The zero-order valence-electron chi connectivity index (χ0n) is 39.0. The Balaban J connectivity index is 1.59. The van der Waals surface area contributed by atoms with Gasteiger partial charge >= 0.3 is 0 Å². The third-order valence-corrected chi connectivity index (χ3v) is 11.3. The van der Waals surface area contributed by atoms with Crippen LogP contribution < -0.4 is 47.9 Å². The highest BCUT2D eigenvalue weighted by Gasteiger charge is 2.37. The lowest BCUT2D eigenvalue weighted by atomic mass is 9.86. The summed E-state index contributed by atoms with van der Waals surface area (Å²) in [6.07, 6.45) is -0.144. The summed E-state index contributed by atoms with van der Waals surface area (Å²) < 4.78 is 12.1. The number of amides is 5. The van der Waals surface area contributed by atoms with E-state index in [0.29, 0.717) is 33.8 Å². The average Bonchev–Trinajstić information content (AvgIpc) is 3.30. The summed E-state index contributed by atoms with van der Waals surface area (Å²) in [4.78, 5) is 87.9. The molecule has 0 saturated heterocycles. The number of nitrogens with zero attached hydrogens (tertiary/aromatic N) is 4. The average molecular weight is 934 g/mol. The number of aryl methyl sites for hydroxylation is 1. The van der Waals surface area contributed by atoms with Gasteiger partial charge in [0.15, 0.2) is 0 Å². The fourth-order valence-electron chi connectivity index (χ4n) is 7.67. The smallest absolute Gasteiger partial charge is 0.296 e. The van der Waals surface area contributed by atoms with E-state index in [9.17, 15) is 34.1 Å². The Morgan fingerprint density at radius 2 is 1.57 bits per heavy atom. The Labute approximate surface area is 394 Å². The molecule has 360 valence electrons. The van der Waals surface area contributed by atoms with E-state index >= 15 is 0 Å². The van der Waals surface area contributed by atoms with E-state index in [4.69, 9.17) is 31.9 Å². The van der Waals surface area contributed by atoms with Crippen LogP contribution in [0.3, 0.4) is 0 Å². The molecule has 3 aromatic carbocycles. The molecule has 20 nitrogen and oxygen atoms in total. The van der Waals surface area contributed by atoms with Crippen LogP contribution in [0.2, 0.25) is 0 Å². The largest absolute Gasteiger partial charge is 0.492 e. The number of aromatic nitrogens is 1. The molecule has 2 heterocycles. The number of nitrogens with two attached hydrogens (primary N) is 3. The fraction of sp³-hybridized carbons (Fsp3) is 0.396. The molecule has 0 saturated carbocycles. The van der Waals surface area contributed by atoms with Crippen molar-refractivity contribution in [3.05, 3.63) is 105 Å². The number of nitriles is 1. The topological polar surface area (TPSA) is 313 Å². The number of pyridine rings is 1. The molecule has 1 aromatic heterocycles. The van der Waals surface area contributed by atoms with Gasteiger partial charge < -0.3 is 52.8 Å². The van der Waals surface area contributed by atoms with Gasteiger partial charge in [0.25, 0.3) is 11.6 Å². The highest BCUT2D eigenvalue weighted by atomic mass is 16.6. The molecule has 10 N–H and O–H groups in total. The number of carbonyl (C=O) groups is 5. The van der Waals surface area contributed by atoms with Gasteiger partial charge in [0.2, 0.25) is 23.6 Å². The van der Waals surface area contributed by atoms with Gasteiger partial charge in [-0.05, 0) is 73.2 Å². The second-order valence-corrected chi connectivity index (χ2v) is 17.3. The van der Waals surface area contributed by atoms with Crippen molar-refractivity contribution in [2.24, 2.45) is 17.2 Å². The van der Waals surface area contributed by atoms with E-state index in [1.165, 1.54) is 20.9 Å². The van der Waals surface area contributed by atoms with Gasteiger partial charge in [-0.25, -0.2) is 4.98 Å². The van der Waals surface area contributed by atoms with Crippen LogP contribution in [0.1, 0.15) is 72.9 Å². The van der Waals surface area contributed by atoms with Crippen molar-refractivity contribution in [1.29, 1.82) is 5.26 Å². The summed E-state index contributed by atoms with van der Waals surface area (Å²) in [6, 6.07) is 14.8. The maximum atomic E-state index is 14.7. The zero-order chi connectivity index (χ0) is 49.9. The third kappa shape index (κ3) is 12.3. The number of carbonyl (C=O) groups excluding carboxylic acids is 5. The second kappa shape index (κ2) is 22.8. The molecule has 0 aliphatic carbocycles. The molecule has 0 spiro atoms. The number of likely N-dealkylation sites (N-methyl/N-ethyl adjacent to an activating group) is 1. The van der Waals surface area contributed by atoms with Crippen LogP contribution >= 0.6 is 0 Å². The van der Waals surface area contributed by atoms with Crippen molar-refractivity contribution in [2.45, 2.75) is 77.0 Å². The normalized spacial score (nSPS) is 16.4. The number of benzene rings is 3. The van der Waals surface area contributed by atoms with E-state index < -0.39 is 64.3 Å². The van der Waals surface area contributed by atoms with Gasteiger partial charge in [-0.3, -0.25) is 34.1 Å². The van der Waals surface area contributed by atoms with E-state index in [1.54, 1.807) is 48.5 Å².